The second-order valence-corrected chi connectivity index (χ2v) is 10.7. The van der Waals surface area contributed by atoms with E-state index in [0.717, 1.165) is 39.5 Å². The molecule has 0 aromatic heterocycles. The van der Waals surface area contributed by atoms with Crippen LogP contribution in [0.5, 0.6) is 11.5 Å². The zero-order valence-corrected chi connectivity index (χ0v) is 21.6. The molecular formula is C21H26O2S6. The molecule has 0 saturated carbocycles. The van der Waals surface area contributed by atoms with Crippen LogP contribution in [0, 0.1) is 0 Å². The fourth-order valence-corrected chi connectivity index (χ4v) is 7.83. The fraction of sp³-hybridized carbons (Fsp3) is 0.429. The Morgan fingerprint density at radius 2 is 1.17 bits per heavy atom. The summed E-state index contributed by atoms with van der Waals surface area (Å²) in [6.45, 7) is 0. The van der Waals surface area contributed by atoms with Crippen molar-refractivity contribution < 1.29 is 9.47 Å². The van der Waals surface area contributed by atoms with Gasteiger partial charge in [0.25, 0.3) is 0 Å². The smallest absolute Gasteiger partial charge is 0.126 e. The summed E-state index contributed by atoms with van der Waals surface area (Å²) >= 11 is 22.0. The highest BCUT2D eigenvalue weighted by molar-refractivity contribution is 8.19. The summed E-state index contributed by atoms with van der Waals surface area (Å²) in [5, 5.41) is 0.425. The van der Waals surface area contributed by atoms with Crippen LogP contribution in [-0.4, -0.2) is 20.0 Å². The van der Waals surface area contributed by atoms with E-state index in [1.807, 2.05) is 23.5 Å². The maximum atomic E-state index is 5.60. The van der Waals surface area contributed by atoms with Crippen molar-refractivity contribution in [3.63, 3.8) is 0 Å². The van der Waals surface area contributed by atoms with Crippen LogP contribution in [0.25, 0.3) is 0 Å². The molecule has 8 heteroatoms. The lowest BCUT2D eigenvalue weighted by molar-refractivity contribution is 0.407. The summed E-state index contributed by atoms with van der Waals surface area (Å²) in [5.41, 5.74) is 7.16. The van der Waals surface area contributed by atoms with E-state index in [1.54, 1.807) is 14.2 Å². The summed E-state index contributed by atoms with van der Waals surface area (Å²) in [5.74, 6) is 5.50. The Morgan fingerprint density at radius 1 is 0.759 bits per heavy atom. The lowest BCUT2D eigenvalue weighted by atomic mass is 10.0. The minimum Gasteiger partial charge on any atom is -0.496 e. The molecule has 1 heterocycles. The molecule has 2 nitrogen and oxygen atoms in total. The van der Waals surface area contributed by atoms with Crippen LogP contribution >= 0.6 is 74.0 Å². The lowest BCUT2D eigenvalue weighted by Crippen LogP contribution is -2.01. The molecule has 29 heavy (non-hydrogen) atoms. The molecule has 158 valence electrons. The highest BCUT2D eigenvalue weighted by atomic mass is 32.2. The molecule has 1 fully saturated rings. The number of thiol groups is 4. The summed E-state index contributed by atoms with van der Waals surface area (Å²) in [7, 11) is 3.43. The molecule has 0 spiro atoms. The normalized spacial score (nSPS) is 18.8. The van der Waals surface area contributed by atoms with Gasteiger partial charge >= 0.3 is 0 Å². The third kappa shape index (κ3) is 5.14. The lowest BCUT2D eigenvalue weighted by Gasteiger charge is -2.18. The van der Waals surface area contributed by atoms with Gasteiger partial charge in [-0.2, -0.15) is 50.5 Å². The van der Waals surface area contributed by atoms with Gasteiger partial charge in [-0.05, 0) is 23.3 Å². The standard InChI is InChI=1S/C21H26O2S6/c1-22-19-14(7-24)3-12(4-15(19)8-25)18-11-28-21(29-18)13-5-16(9-26)20(23-2)17(6-13)10-27/h3-6,18,21,24-27H,7-11H2,1-2H3. The van der Waals surface area contributed by atoms with E-state index >= 15 is 0 Å². The highest BCUT2D eigenvalue weighted by Crippen LogP contribution is 2.57. The zero-order valence-electron chi connectivity index (χ0n) is 16.4. The summed E-state index contributed by atoms with van der Waals surface area (Å²) < 4.78 is 11.6. The molecule has 1 aliphatic heterocycles. The second-order valence-electron chi connectivity index (χ2n) is 6.67. The van der Waals surface area contributed by atoms with Crippen molar-refractivity contribution in [3.05, 3.63) is 57.6 Å². The number of methoxy groups -OCH3 is 2. The maximum absolute atomic E-state index is 5.60. The fourth-order valence-electron chi connectivity index (χ4n) is 3.63. The topological polar surface area (TPSA) is 18.5 Å². The molecular weight excluding hydrogens is 477 g/mol. The Kier molecular flexibility index (Phi) is 9.14. The first-order valence-corrected chi connectivity index (χ1v) is 13.7. The Balaban J connectivity index is 1.89. The van der Waals surface area contributed by atoms with Gasteiger partial charge in [0.1, 0.15) is 11.5 Å². The van der Waals surface area contributed by atoms with Crippen molar-refractivity contribution in [1.29, 1.82) is 0 Å². The van der Waals surface area contributed by atoms with Crippen LogP contribution in [-0.2, 0) is 23.0 Å². The molecule has 2 unspecified atom stereocenters. The number of benzene rings is 2. The van der Waals surface area contributed by atoms with Crippen molar-refractivity contribution in [1.82, 2.24) is 0 Å². The SMILES string of the molecule is COc1c(CS)cc(C2CSC(c3cc(CS)c(OC)c(CS)c3)S2)cc1CS. The molecule has 0 amide bonds. The van der Waals surface area contributed by atoms with E-state index in [0.29, 0.717) is 32.8 Å². The van der Waals surface area contributed by atoms with Gasteiger partial charge in [-0.25, -0.2) is 0 Å². The predicted molar refractivity (Wildman–Crippen MR) is 142 cm³/mol. The average Bonchev–Trinajstić information content (AvgIpc) is 3.27. The van der Waals surface area contributed by atoms with E-state index in [2.05, 4.69) is 74.8 Å². The largest absolute Gasteiger partial charge is 0.496 e. The Morgan fingerprint density at radius 3 is 1.55 bits per heavy atom. The monoisotopic (exact) mass is 502 g/mol. The maximum Gasteiger partial charge on any atom is 0.126 e. The van der Waals surface area contributed by atoms with E-state index in [9.17, 15) is 0 Å². The van der Waals surface area contributed by atoms with Crippen LogP contribution in [0.2, 0.25) is 0 Å². The number of thioether (sulfide) groups is 2. The average molecular weight is 503 g/mol. The van der Waals surface area contributed by atoms with Crippen molar-refractivity contribution in [3.8, 4) is 11.5 Å². The van der Waals surface area contributed by atoms with Crippen molar-refractivity contribution in [2.45, 2.75) is 32.8 Å². The molecule has 2 aromatic rings. The van der Waals surface area contributed by atoms with Gasteiger partial charge in [-0.1, -0.05) is 12.1 Å². The molecule has 3 rings (SSSR count). The van der Waals surface area contributed by atoms with Crippen LogP contribution in [0.1, 0.15) is 43.2 Å². The van der Waals surface area contributed by atoms with Gasteiger partial charge in [0.15, 0.2) is 0 Å². The van der Waals surface area contributed by atoms with Crippen molar-refractivity contribution >= 4 is 74.0 Å². The third-order valence-electron chi connectivity index (χ3n) is 4.95. The summed E-state index contributed by atoms with van der Waals surface area (Å²) in [4.78, 5) is 0. The molecule has 2 aromatic carbocycles. The first-order chi connectivity index (χ1) is 14.1. The molecule has 0 aliphatic carbocycles. The predicted octanol–water partition coefficient (Wildman–Crippen LogP) is 6.64. The van der Waals surface area contributed by atoms with Gasteiger partial charge in [0.05, 0.1) is 18.8 Å². The van der Waals surface area contributed by atoms with Crippen LogP contribution in [0.4, 0.5) is 0 Å². The molecule has 0 radical (unpaired) electrons. The first kappa shape index (κ1) is 23.8. The minimum atomic E-state index is 0.379. The van der Waals surface area contributed by atoms with Gasteiger partial charge in [0, 0.05) is 56.3 Å². The molecule has 0 N–H and O–H groups in total. The molecule has 1 aliphatic rings. The Bertz CT molecular complexity index is 738. The van der Waals surface area contributed by atoms with Crippen molar-refractivity contribution in [2.24, 2.45) is 0 Å². The highest BCUT2D eigenvalue weighted by Gasteiger charge is 2.30. The number of hydrogen-bond acceptors (Lipinski definition) is 8. The van der Waals surface area contributed by atoms with E-state index in [1.165, 1.54) is 11.1 Å². The molecule has 2 atom stereocenters. The van der Waals surface area contributed by atoms with Crippen LogP contribution in [0.3, 0.4) is 0 Å². The van der Waals surface area contributed by atoms with Crippen LogP contribution in [0.15, 0.2) is 24.3 Å². The van der Waals surface area contributed by atoms with E-state index in [-0.39, 0.29) is 0 Å². The Hall–Kier alpha value is 0.140. The van der Waals surface area contributed by atoms with Crippen LogP contribution < -0.4 is 9.47 Å². The minimum absolute atomic E-state index is 0.379. The second kappa shape index (κ2) is 11.1. The van der Waals surface area contributed by atoms with E-state index in [4.69, 9.17) is 9.47 Å². The van der Waals surface area contributed by atoms with E-state index < -0.39 is 0 Å². The number of rotatable bonds is 8. The first-order valence-electron chi connectivity index (χ1n) is 9.19. The van der Waals surface area contributed by atoms with Gasteiger partial charge in [0.2, 0.25) is 0 Å². The number of hydrogen-bond donors (Lipinski definition) is 4. The summed E-state index contributed by atoms with van der Waals surface area (Å²) in [6.07, 6.45) is 0. The van der Waals surface area contributed by atoms with Gasteiger partial charge < -0.3 is 9.47 Å². The molecule has 1 saturated heterocycles. The summed E-state index contributed by atoms with van der Waals surface area (Å²) in [6, 6.07) is 8.95. The van der Waals surface area contributed by atoms with Crippen molar-refractivity contribution in [2.75, 3.05) is 20.0 Å². The third-order valence-corrected chi connectivity index (χ3v) is 9.65. The quantitative estimate of drug-likeness (QED) is 0.303. The number of ether oxygens (including phenoxy) is 2. The van der Waals surface area contributed by atoms with Gasteiger partial charge in [-0.15, -0.1) is 23.5 Å². The molecule has 0 bridgehead atoms. The van der Waals surface area contributed by atoms with Gasteiger partial charge in [-0.3, -0.25) is 0 Å². The zero-order chi connectivity index (χ0) is 21.0. The Labute approximate surface area is 204 Å².